The molecule has 1 aliphatic heterocycles. The minimum Gasteiger partial charge on any atom is -0.397 e. The highest BCUT2D eigenvalue weighted by Crippen LogP contribution is 2.79. The van der Waals surface area contributed by atoms with Crippen molar-refractivity contribution >= 4 is 45.6 Å². The van der Waals surface area contributed by atoms with Gasteiger partial charge < -0.3 is 29.5 Å². The van der Waals surface area contributed by atoms with Gasteiger partial charge in [0.05, 0.1) is 21.1 Å². The van der Waals surface area contributed by atoms with Crippen LogP contribution in [0.2, 0.25) is 0 Å². The van der Waals surface area contributed by atoms with Crippen molar-refractivity contribution in [3.8, 4) is 0 Å². The van der Waals surface area contributed by atoms with Crippen LogP contribution in [0.15, 0.2) is 47.6 Å². The zero-order valence-corrected chi connectivity index (χ0v) is 57.1. The van der Waals surface area contributed by atoms with E-state index in [4.69, 9.17) is 20.6 Å². The predicted molar refractivity (Wildman–Crippen MR) is 344 cm³/mol. The molecule has 0 aromatic heterocycles. The van der Waals surface area contributed by atoms with Crippen molar-refractivity contribution in [2.45, 2.75) is 232 Å². The molecule has 9 nitrogen and oxygen atoms in total. The number of carbonyl (C=O) groups excluding carboxylic acids is 3. The number of carbonyl (C=O) groups is 3. The van der Waals surface area contributed by atoms with Crippen LogP contribution < -0.4 is 0 Å². The topological polar surface area (TPSA) is 140 Å². The lowest BCUT2D eigenvalue weighted by Gasteiger charge is -2.71. The largest absolute Gasteiger partial charge is 0.397 e. The molecule has 0 radical (unpaired) electrons. The third kappa shape index (κ3) is 10.6. The van der Waals surface area contributed by atoms with Crippen molar-refractivity contribution in [3.05, 3.63) is 47.6 Å². The molecule has 11 rings (SSSR count). The van der Waals surface area contributed by atoms with Crippen LogP contribution in [0, 0.1) is 113 Å². The van der Waals surface area contributed by atoms with E-state index in [1.54, 1.807) is 6.92 Å². The SMILES string of the molecule is C=C(C)[C@@H]1CC[C@]2(CO)CC[C@]3(C)[C@H](CC[C@@H]4[C@@]5(C)C=C(C(O)OCC)C(=O)C(C)(C)[C@@H]5CC[C@]43C)[C@@H]12.C=C(C)[C@@H]1CC[C@]2(COC3CCCCO3)CC[C@]3(C)[C@H](CC[C@@H]4[C@@]5(C)C=C(C=O)C(=O)C(C)(C)[C@@H]5CC[C@]43C)[C@@H]12.CCO.[3H][P+](P)=S. The lowest BCUT2D eigenvalue weighted by molar-refractivity contribution is -0.235. The van der Waals surface area contributed by atoms with Gasteiger partial charge in [0.25, 0.3) is 0 Å². The molecule has 0 spiro atoms. The maximum Gasteiger partial charge on any atom is 0.355 e. The first-order valence-corrected chi connectivity index (χ1v) is 36.5. The van der Waals surface area contributed by atoms with E-state index in [1.165, 1.54) is 81.8 Å². The number of aldehydes is 1. The molecular weight excluding hydrogens is 1090 g/mol. The van der Waals surface area contributed by atoms with Crippen molar-refractivity contribution in [2.24, 2.45) is 113 Å². The molecule has 3 N–H and O–H groups in total. The van der Waals surface area contributed by atoms with Gasteiger partial charge in [0.1, 0.15) is 0 Å². The van der Waals surface area contributed by atoms with Gasteiger partial charge in [0, 0.05) is 42.8 Å². The Morgan fingerprint density at radius 3 is 1.63 bits per heavy atom. The second-order valence-electron chi connectivity index (χ2n) is 31.7. The molecule has 0 amide bonds. The van der Waals surface area contributed by atoms with Crippen molar-refractivity contribution in [1.82, 2.24) is 0 Å². The van der Waals surface area contributed by atoms with Crippen LogP contribution >= 0.6 is 15.9 Å². The normalized spacial score (nSPS) is 46.7. The van der Waals surface area contributed by atoms with E-state index in [-0.39, 0.29) is 79.6 Å². The minimum absolute atomic E-state index is 0.0272. The fourth-order valence-electron chi connectivity index (χ4n) is 23.8. The van der Waals surface area contributed by atoms with Gasteiger partial charge in [-0.15, -0.1) is 0 Å². The molecular formula is C71H115O9P2S+. The summed E-state index contributed by atoms with van der Waals surface area (Å²) in [6, 6.07) is 0. The number of hydrogen-bond donors (Lipinski definition) is 3. The summed E-state index contributed by atoms with van der Waals surface area (Å²) in [6.07, 6.45) is 26.1. The highest BCUT2D eigenvalue weighted by molar-refractivity contribution is 8.24. The maximum absolute atomic E-state index is 13.6. The summed E-state index contributed by atoms with van der Waals surface area (Å²) in [5.74, 6) is 5.04. The minimum atomic E-state index is -1.15. The maximum atomic E-state index is 13.6. The number of rotatable bonds is 10. The lowest BCUT2D eigenvalue weighted by Crippen LogP contribution is -2.66. The summed E-state index contributed by atoms with van der Waals surface area (Å²) in [4.78, 5) is 39.1. The van der Waals surface area contributed by atoms with Gasteiger partial charge in [-0.3, -0.25) is 14.4 Å². The molecule has 22 atom stereocenters. The van der Waals surface area contributed by atoms with Crippen molar-refractivity contribution in [2.75, 3.05) is 33.0 Å². The van der Waals surface area contributed by atoms with Gasteiger partial charge in [0.2, 0.25) is 0 Å². The molecule has 9 fully saturated rings. The van der Waals surface area contributed by atoms with E-state index >= 15 is 0 Å². The molecule has 0 aromatic rings. The van der Waals surface area contributed by atoms with E-state index < -0.39 is 24.1 Å². The summed E-state index contributed by atoms with van der Waals surface area (Å²) in [7, 11) is 2.20. The van der Waals surface area contributed by atoms with Crippen LogP contribution in [0.25, 0.3) is 0 Å². The van der Waals surface area contributed by atoms with Gasteiger partial charge in [-0.05, 0) is 252 Å². The average molecular weight is 1210 g/mol. The number of Topliss-reactive ketones (excluding diaryl/α,β-unsaturated/α-hetero) is 2. The Labute approximate surface area is 513 Å². The molecule has 0 bridgehead atoms. The van der Waals surface area contributed by atoms with Crippen LogP contribution in [-0.4, -0.2) is 80.1 Å². The van der Waals surface area contributed by atoms with Crippen LogP contribution in [0.3, 0.4) is 0 Å². The average Bonchev–Trinajstić information content (AvgIpc) is 0.917. The Balaban J connectivity index is 0.000000198. The number of aliphatic hydroxyl groups is 3. The molecule has 11 aliphatic rings. The monoisotopic (exact) mass is 1210 g/mol. The van der Waals surface area contributed by atoms with Crippen LogP contribution in [0.5, 0.6) is 0 Å². The molecule has 468 valence electrons. The number of aliphatic hydroxyl groups excluding tert-OH is 3. The molecule has 12 heteroatoms. The fourth-order valence-corrected chi connectivity index (χ4v) is 23.8. The van der Waals surface area contributed by atoms with Gasteiger partial charge >= 0.3 is 1.28 Å². The molecule has 1 heterocycles. The quantitative estimate of drug-likeness (QED) is 0.0637. The Hall–Kier alpha value is -1.32. The standard InChI is InChI=1S/C36H54O4.C33H52O4.C2H6O.H2P2S/c1-23(2)25-13-16-36(22-40-29-10-8-9-19-39-29)18-17-34(6)26(30(25)36)11-12-28-33(5)20-24(21-37)31(38)32(3,4)27(33)14-15-35(28,34)7;1-9-37-28(36)22-18-30(6)24(29(4,5)27(22)35)13-14-32(8)25(30)11-10-23-26-21(20(2)3)12-15-33(26,19-34)17-16-31(23,32)7;2*1-2-3/h20-21,25-30H,1,8-19,22H2,2-7H3;18,21,23-26,28,34,36H,2,9-17,19H2,1,3-8H3;3H,2H2,1H3;1H2/p+1/t25-,26+,27-,28+,29?,30+,33-,34+,35+,36+;21-,23+,24-,25+,26+,28?,30-,31+,32+,33+;;/m00../s1/i/hT. The number of ether oxygens (including phenoxy) is 3. The van der Waals surface area contributed by atoms with E-state index in [1.807, 2.05) is 6.92 Å². The second-order valence-corrected chi connectivity index (χ2v) is 34.5. The van der Waals surface area contributed by atoms with Crippen LogP contribution in [-0.2, 0) is 40.4 Å². The zero-order valence-electron chi connectivity index (χ0n) is 55.3. The van der Waals surface area contributed by atoms with Crippen molar-refractivity contribution in [1.29, 1.82) is 1.28 Å². The Bertz CT molecular complexity index is 2570. The van der Waals surface area contributed by atoms with Crippen molar-refractivity contribution in [3.63, 3.8) is 0 Å². The van der Waals surface area contributed by atoms with E-state index in [0.29, 0.717) is 71.7 Å². The molecule has 10 aliphatic carbocycles. The van der Waals surface area contributed by atoms with E-state index in [0.717, 1.165) is 70.9 Å². The first-order chi connectivity index (χ1) is 39.2. The predicted octanol–water partition coefficient (Wildman–Crippen LogP) is 15.7. The molecule has 1 saturated heterocycles. The smallest absolute Gasteiger partial charge is 0.355 e. The van der Waals surface area contributed by atoms with E-state index in [9.17, 15) is 24.6 Å². The number of ketones is 2. The Morgan fingerprint density at radius 1 is 0.699 bits per heavy atom. The molecule has 4 unspecified atom stereocenters. The van der Waals surface area contributed by atoms with Gasteiger partial charge in [-0.1, -0.05) is 106 Å². The molecule has 0 aromatic carbocycles. The van der Waals surface area contributed by atoms with E-state index in [2.05, 4.69) is 129 Å². The van der Waals surface area contributed by atoms with Gasteiger partial charge in [0.15, 0.2) is 49.2 Å². The summed E-state index contributed by atoms with van der Waals surface area (Å²) in [5, 5.41) is 29.2. The summed E-state index contributed by atoms with van der Waals surface area (Å²) in [5.41, 5.74) is 3.25. The highest BCUT2D eigenvalue weighted by Gasteiger charge is 2.73. The fraction of sp³-hybridized carbons (Fsp3) is 0.845. The highest BCUT2D eigenvalue weighted by atomic mass is 32.6. The Morgan fingerprint density at radius 2 is 1.17 bits per heavy atom. The van der Waals surface area contributed by atoms with Gasteiger partial charge in [-0.2, -0.15) is 0 Å². The number of fused-ring (bicyclic) bond motifs is 14. The molecule has 83 heavy (non-hydrogen) atoms. The third-order valence-electron chi connectivity index (χ3n) is 27.9. The second kappa shape index (κ2) is 24.8. The van der Waals surface area contributed by atoms with Crippen LogP contribution in [0.1, 0.15) is 219 Å². The van der Waals surface area contributed by atoms with Crippen molar-refractivity contribution < 1.29 is 43.9 Å². The first-order valence-electron chi connectivity index (χ1n) is 33.4. The lowest BCUT2D eigenvalue weighted by atomic mass is 9.32. The molecule has 8 saturated carbocycles. The first kappa shape index (κ1) is 66.1. The van der Waals surface area contributed by atoms with Gasteiger partial charge in [-0.25, -0.2) is 0 Å². The summed E-state index contributed by atoms with van der Waals surface area (Å²) >= 11 is 4.31. The number of hydrogen-bond acceptors (Lipinski definition) is 10. The number of allylic oxidation sites excluding steroid dienone is 5. The summed E-state index contributed by atoms with van der Waals surface area (Å²) in [6.45, 7) is 42.3. The summed E-state index contributed by atoms with van der Waals surface area (Å²) < 4.78 is 24.6. The third-order valence-corrected chi connectivity index (χ3v) is 27.9. The van der Waals surface area contributed by atoms with Crippen LogP contribution in [0.4, 0.5) is 0 Å². The Kier molecular flexibility index (Phi) is 19.8. The zero-order chi connectivity index (χ0) is 62.2.